The number of nitrogens with zero attached hydrogens (tertiary/aromatic N) is 5. The van der Waals surface area contributed by atoms with Crippen LogP contribution in [0.15, 0.2) is 27.9 Å². The van der Waals surface area contributed by atoms with Gasteiger partial charge in [0.15, 0.2) is 18.0 Å². The first-order valence-corrected chi connectivity index (χ1v) is 11.1. The summed E-state index contributed by atoms with van der Waals surface area (Å²) >= 11 is 0.990. The number of thioether (sulfide) groups is 1. The largest absolute Gasteiger partial charge is 0.493 e. The van der Waals surface area contributed by atoms with Crippen LogP contribution in [-0.4, -0.2) is 43.2 Å². The summed E-state index contributed by atoms with van der Waals surface area (Å²) in [5, 5.41) is 26.3. The zero-order chi connectivity index (χ0) is 25.5. The fourth-order valence-electron chi connectivity index (χ4n) is 3.21. The third-order valence-electron chi connectivity index (χ3n) is 4.81. The Kier molecular flexibility index (Phi) is 7.96. The average molecular weight is 497 g/mol. The minimum atomic E-state index is -0.405. The third-order valence-corrected chi connectivity index (χ3v) is 5.78. The van der Waals surface area contributed by atoms with Crippen molar-refractivity contribution in [2.24, 2.45) is 0 Å². The van der Waals surface area contributed by atoms with Crippen LogP contribution < -0.4 is 29.9 Å². The highest BCUT2D eigenvalue weighted by Gasteiger charge is 2.24. The molecule has 35 heavy (non-hydrogen) atoms. The molecule has 1 amide bonds. The summed E-state index contributed by atoms with van der Waals surface area (Å²) in [6, 6.07) is 7.30. The monoisotopic (exact) mass is 496 g/mol. The highest BCUT2D eigenvalue weighted by Crippen LogP contribution is 2.44. The predicted octanol–water partition coefficient (Wildman–Crippen LogP) is 2.13. The van der Waals surface area contributed by atoms with Crippen LogP contribution in [0, 0.1) is 22.7 Å². The number of nitrogens with two attached hydrogens (primary N) is 1. The molecule has 0 radical (unpaired) electrons. The molecule has 0 bridgehead atoms. The standard InChI is InChI=1S/C22H21N7O5S/c1-5-29-10-18(34-28-29)26-17(30)11-35-22-14(9-24)19(13(8-23)21(25)27-22)12-6-15(31-2)20(33-4)16(7-12)32-3/h6-7,10H,5,11H2,1-4H3,(H2-,25,26,27,28,30)/p+1. The lowest BCUT2D eigenvalue weighted by Crippen LogP contribution is -2.32. The van der Waals surface area contributed by atoms with Crippen LogP contribution in [0.3, 0.4) is 0 Å². The minimum Gasteiger partial charge on any atom is -0.493 e. The number of hydrogen-bond acceptors (Lipinski definition) is 11. The van der Waals surface area contributed by atoms with Gasteiger partial charge in [-0.25, -0.2) is 4.98 Å². The van der Waals surface area contributed by atoms with Gasteiger partial charge in [-0.3, -0.25) is 14.6 Å². The number of anilines is 2. The predicted molar refractivity (Wildman–Crippen MR) is 125 cm³/mol. The lowest BCUT2D eigenvalue weighted by molar-refractivity contribution is -0.759. The number of amides is 1. The number of carbonyl (C=O) groups is 1. The van der Waals surface area contributed by atoms with Gasteiger partial charge in [0.25, 0.3) is 6.20 Å². The van der Waals surface area contributed by atoms with Gasteiger partial charge in [-0.2, -0.15) is 10.5 Å². The van der Waals surface area contributed by atoms with E-state index >= 15 is 0 Å². The SMILES string of the molecule is CC[n+]1cc(NC(=O)CSc2nc(N)c(C#N)c(-c3cc(OC)c(OC)c(OC)c3)c2C#N)on1. The number of ether oxygens (including phenoxy) is 3. The smallest absolute Gasteiger partial charge is 0.302 e. The number of methoxy groups -OCH3 is 3. The molecule has 0 saturated heterocycles. The van der Waals surface area contributed by atoms with Crippen LogP contribution in [0.5, 0.6) is 17.2 Å². The van der Waals surface area contributed by atoms with Gasteiger partial charge in [0.05, 0.1) is 32.6 Å². The van der Waals surface area contributed by atoms with Crippen molar-refractivity contribution in [2.75, 3.05) is 38.1 Å². The first kappa shape index (κ1) is 25.1. The second-order valence-corrected chi connectivity index (χ2v) is 7.79. The molecule has 0 atom stereocenters. The highest BCUT2D eigenvalue weighted by molar-refractivity contribution is 8.00. The summed E-state index contributed by atoms with van der Waals surface area (Å²) in [5.74, 6) is 0.595. The normalized spacial score (nSPS) is 10.2. The van der Waals surface area contributed by atoms with E-state index in [1.807, 2.05) is 13.0 Å². The Balaban J connectivity index is 2.02. The van der Waals surface area contributed by atoms with Crippen molar-refractivity contribution < 1.29 is 28.2 Å². The molecular weight excluding hydrogens is 474 g/mol. The molecule has 0 aliphatic rings. The van der Waals surface area contributed by atoms with Crippen molar-refractivity contribution in [1.82, 2.24) is 10.3 Å². The van der Waals surface area contributed by atoms with Crippen LogP contribution in [0.2, 0.25) is 0 Å². The fraction of sp³-hybridized carbons (Fsp3) is 0.273. The first-order valence-electron chi connectivity index (χ1n) is 10.1. The zero-order valence-electron chi connectivity index (χ0n) is 19.4. The summed E-state index contributed by atoms with van der Waals surface area (Å²) in [5.41, 5.74) is 6.82. The summed E-state index contributed by atoms with van der Waals surface area (Å²) in [6.07, 6.45) is 1.55. The highest BCUT2D eigenvalue weighted by atomic mass is 32.2. The molecule has 2 aromatic heterocycles. The number of aryl methyl sites for hydroxylation is 1. The van der Waals surface area contributed by atoms with Gasteiger partial charge in [0.1, 0.15) is 28.5 Å². The average Bonchev–Trinajstić information content (AvgIpc) is 3.33. The van der Waals surface area contributed by atoms with E-state index < -0.39 is 5.91 Å². The van der Waals surface area contributed by atoms with Gasteiger partial charge in [-0.1, -0.05) is 16.4 Å². The van der Waals surface area contributed by atoms with Crippen LogP contribution in [0.4, 0.5) is 11.7 Å². The Labute approximate surface area is 205 Å². The lowest BCUT2D eigenvalue weighted by Gasteiger charge is -2.17. The van der Waals surface area contributed by atoms with Crippen LogP contribution >= 0.6 is 11.8 Å². The molecule has 0 aliphatic heterocycles. The van der Waals surface area contributed by atoms with Crippen molar-refractivity contribution in [2.45, 2.75) is 18.5 Å². The number of nitrogens with one attached hydrogen (secondary N) is 1. The van der Waals surface area contributed by atoms with Crippen molar-refractivity contribution in [3.05, 3.63) is 29.5 Å². The Bertz CT molecular complexity index is 1320. The van der Waals surface area contributed by atoms with Gasteiger partial charge in [0.2, 0.25) is 16.9 Å². The van der Waals surface area contributed by atoms with E-state index in [2.05, 4.69) is 21.6 Å². The number of nitrogen functional groups attached to an aromatic ring is 1. The number of carbonyl (C=O) groups excluding carboxylic acids is 1. The second-order valence-electron chi connectivity index (χ2n) is 6.82. The topological polar surface area (TPSA) is 173 Å². The van der Waals surface area contributed by atoms with Gasteiger partial charge >= 0.3 is 5.88 Å². The molecule has 3 N–H and O–H groups in total. The lowest BCUT2D eigenvalue weighted by atomic mass is 9.96. The van der Waals surface area contributed by atoms with E-state index in [-0.39, 0.29) is 39.2 Å². The maximum absolute atomic E-state index is 12.4. The summed E-state index contributed by atoms with van der Waals surface area (Å²) in [4.78, 5) is 16.6. The van der Waals surface area contributed by atoms with Crippen LogP contribution in [-0.2, 0) is 11.3 Å². The molecule has 0 spiro atoms. The quantitative estimate of drug-likeness (QED) is 0.328. The Hall–Kier alpha value is -4.49. The van der Waals surface area contributed by atoms with Gasteiger partial charge < -0.3 is 19.9 Å². The van der Waals surface area contributed by atoms with E-state index in [4.69, 9.17) is 24.5 Å². The van der Waals surface area contributed by atoms with E-state index in [1.54, 1.807) is 18.3 Å². The van der Waals surface area contributed by atoms with E-state index in [1.165, 1.54) is 26.0 Å². The third kappa shape index (κ3) is 5.20. The molecule has 13 heteroatoms. The Morgan fingerprint density at radius 2 is 1.83 bits per heavy atom. The molecule has 180 valence electrons. The molecule has 0 saturated carbocycles. The molecule has 3 rings (SSSR count). The fourth-order valence-corrected chi connectivity index (χ4v) is 4.00. The van der Waals surface area contributed by atoms with Crippen molar-refractivity contribution in [3.63, 3.8) is 0 Å². The molecule has 2 heterocycles. The molecular formula is C22H22N7O5S+. The Morgan fingerprint density at radius 3 is 2.34 bits per heavy atom. The number of nitriles is 2. The summed E-state index contributed by atoms with van der Waals surface area (Å²) < 4.78 is 22.7. The summed E-state index contributed by atoms with van der Waals surface area (Å²) in [7, 11) is 4.37. The number of benzene rings is 1. The van der Waals surface area contributed by atoms with Gasteiger partial charge in [0, 0.05) is 5.56 Å². The zero-order valence-corrected chi connectivity index (χ0v) is 20.2. The van der Waals surface area contributed by atoms with Crippen LogP contribution in [0.1, 0.15) is 18.1 Å². The number of hydrogen-bond donors (Lipinski definition) is 2. The van der Waals surface area contributed by atoms with Crippen molar-refractivity contribution >= 4 is 29.4 Å². The molecule has 12 nitrogen and oxygen atoms in total. The van der Waals surface area contributed by atoms with Crippen LogP contribution in [0.25, 0.3) is 11.1 Å². The molecule has 1 aromatic carbocycles. The summed E-state index contributed by atoms with van der Waals surface area (Å²) in [6.45, 7) is 2.46. The van der Waals surface area contributed by atoms with Crippen molar-refractivity contribution in [3.8, 4) is 40.5 Å². The molecule has 3 aromatic rings. The van der Waals surface area contributed by atoms with Gasteiger partial charge in [-0.05, 0) is 24.6 Å². The van der Waals surface area contributed by atoms with E-state index in [0.29, 0.717) is 29.4 Å². The molecule has 0 aliphatic carbocycles. The molecule has 0 fully saturated rings. The Morgan fingerprint density at radius 1 is 1.17 bits per heavy atom. The van der Waals surface area contributed by atoms with E-state index in [0.717, 1.165) is 11.8 Å². The second kappa shape index (κ2) is 11.1. The van der Waals surface area contributed by atoms with Gasteiger partial charge in [-0.15, -0.1) is 0 Å². The number of pyridine rings is 1. The van der Waals surface area contributed by atoms with Crippen molar-refractivity contribution in [1.29, 1.82) is 10.5 Å². The maximum Gasteiger partial charge on any atom is 0.302 e. The number of aromatic nitrogens is 3. The minimum absolute atomic E-state index is 0.00963. The first-order chi connectivity index (χ1) is 16.9. The number of rotatable bonds is 9. The van der Waals surface area contributed by atoms with E-state index in [9.17, 15) is 15.3 Å². The maximum atomic E-state index is 12.4. The molecule has 0 unspecified atom stereocenters.